The van der Waals surface area contributed by atoms with Crippen molar-refractivity contribution in [2.24, 2.45) is 5.92 Å². The number of ether oxygens (including phenoxy) is 1. The van der Waals surface area contributed by atoms with Gasteiger partial charge in [0.25, 0.3) is 0 Å². The highest BCUT2D eigenvalue weighted by molar-refractivity contribution is 5.76. The third-order valence-corrected chi connectivity index (χ3v) is 5.18. The van der Waals surface area contributed by atoms with E-state index in [1.165, 1.54) is 19.3 Å². The fraction of sp³-hybridized carbons (Fsp3) is 0.900. The molecule has 1 aliphatic heterocycles. The third kappa shape index (κ3) is 9.42. The van der Waals surface area contributed by atoms with E-state index in [9.17, 15) is 9.59 Å². The Balaban J connectivity index is 1.50. The molecule has 3 N–H and O–H groups in total. The van der Waals surface area contributed by atoms with Crippen LogP contribution in [0.4, 0.5) is 4.79 Å². The van der Waals surface area contributed by atoms with Crippen molar-refractivity contribution in [3.63, 3.8) is 0 Å². The molecule has 1 saturated heterocycles. The van der Waals surface area contributed by atoms with E-state index in [1.807, 2.05) is 0 Å². The van der Waals surface area contributed by atoms with E-state index in [-0.39, 0.29) is 18.0 Å². The molecule has 7 heteroatoms. The Morgan fingerprint density at radius 3 is 2.67 bits per heavy atom. The second-order valence-electron chi connectivity index (χ2n) is 8.29. The lowest BCUT2D eigenvalue weighted by Gasteiger charge is -2.33. The molecule has 2 rings (SSSR count). The van der Waals surface area contributed by atoms with Gasteiger partial charge < -0.3 is 20.7 Å². The maximum atomic E-state index is 12.0. The lowest BCUT2D eigenvalue weighted by molar-refractivity contribution is -0.122. The molecule has 1 saturated carbocycles. The zero-order valence-corrected chi connectivity index (χ0v) is 17.1. The van der Waals surface area contributed by atoms with Crippen LogP contribution in [0.1, 0.15) is 58.8 Å². The summed E-state index contributed by atoms with van der Waals surface area (Å²) >= 11 is 0. The van der Waals surface area contributed by atoms with Crippen molar-refractivity contribution in [1.82, 2.24) is 20.9 Å². The smallest absolute Gasteiger partial charge is 0.315 e. The number of hydrogen-bond donors (Lipinski definition) is 3. The van der Waals surface area contributed by atoms with Gasteiger partial charge in [0.05, 0.1) is 12.7 Å². The van der Waals surface area contributed by atoms with E-state index < -0.39 is 0 Å². The van der Waals surface area contributed by atoms with Crippen molar-refractivity contribution in [1.29, 1.82) is 0 Å². The lowest BCUT2D eigenvalue weighted by Crippen LogP contribution is -2.48. The fourth-order valence-electron chi connectivity index (χ4n) is 3.84. The second kappa shape index (κ2) is 12.2. The van der Waals surface area contributed by atoms with E-state index in [0.717, 1.165) is 39.1 Å². The SMILES string of the molecule is CC(C)CN1CCOC(CNC(=O)CCCNC(=O)NC2CCCCC2)C1. The van der Waals surface area contributed by atoms with Gasteiger partial charge >= 0.3 is 6.03 Å². The first-order chi connectivity index (χ1) is 13.0. The molecule has 1 aliphatic carbocycles. The van der Waals surface area contributed by atoms with Gasteiger partial charge in [-0.1, -0.05) is 33.1 Å². The standard InChI is InChI=1S/C20H38N4O3/c1-16(2)14-24-11-12-27-18(15-24)13-22-19(25)9-6-10-21-20(26)23-17-7-4-3-5-8-17/h16-18H,3-15H2,1-2H3,(H,22,25)(H2,21,23,26). The minimum absolute atomic E-state index is 0.0223. The average Bonchev–Trinajstić information content (AvgIpc) is 2.64. The van der Waals surface area contributed by atoms with Gasteiger partial charge in [-0.25, -0.2) is 4.79 Å². The van der Waals surface area contributed by atoms with Crippen LogP contribution in [-0.2, 0) is 9.53 Å². The predicted molar refractivity (Wildman–Crippen MR) is 107 cm³/mol. The summed E-state index contributed by atoms with van der Waals surface area (Å²) in [4.78, 5) is 26.3. The van der Waals surface area contributed by atoms with Crippen LogP contribution in [0.5, 0.6) is 0 Å². The normalized spacial score (nSPS) is 21.8. The summed E-state index contributed by atoms with van der Waals surface area (Å²) < 4.78 is 5.75. The molecule has 27 heavy (non-hydrogen) atoms. The maximum absolute atomic E-state index is 12.0. The maximum Gasteiger partial charge on any atom is 0.315 e. The number of morpholine rings is 1. The average molecular weight is 383 g/mol. The third-order valence-electron chi connectivity index (χ3n) is 5.18. The van der Waals surface area contributed by atoms with Crippen molar-refractivity contribution in [3.05, 3.63) is 0 Å². The number of hydrogen-bond acceptors (Lipinski definition) is 4. The highest BCUT2D eigenvalue weighted by Crippen LogP contribution is 2.17. The van der Waals surface area contributed by atoms with Crippen LogP contribution in [0, 0.1) is 5.92 Å². The molecule has 156 valence electrons. The van der Waals surface area contributed by atoms with E-state index in [2.05, 4.69) is 34.7 Å². The number of nitrogens with zero attached hydrogens (tertiary/aromatic N) is 1. The summed E-state index contributed by atoms with van der Waals surface area (Å²) in [5, 5.41) is 8.84. The monoisotopic (exact) mass is 382 g/mol. The molecule has 0 spiro atoms. The summed E-state index contributed by atoms with van der Waals surface area (Å²) in [6.45, 7) is 9.16. The summed E-state index contributed by atoms with van der Waals surface area (Å²) in [6.07, 6.45) is 6.97. The van der Waals surface area contributed by atoms with E-state index in [4.69, 9.17) is 4.74 Å². The summed E-state index contributed by atoms with van der Waals surface area (Å²) in [5.74, 6) is 0.662. The summed E-state index contributed by atoms with van der Waals surface area (Å²) in [6, 6.07) is 0.205. The Morgan fingerprint density at radius 2 is 1.93 bits per heavy atom. The lowest BCUT2D eigenvalue weighted by atomic mass is 9.96. The molecule has 0 aromatic heterocycles. The number of urea groups is 1. The van der Waals surface area contributed by atoms with Crippen molar-refractivity contribution in [3.8, 4) is 0 Å². The number of amides is 3. The molecule has 2 aliphatic rings. The molecule has 0 radical (unpaired) electrons. The molecule has 1 atom stereocenters. The Bertz CT molecular complexity index is 453. The molecule has 1 unspecified atom stereocenters. The number of carbonyl (C=O) groups is 2. The van der Waals surface area contributed by atoms with Gasteiger partial charge in [-0.05, 0) is 25.2 Å². The molecule has 3 amide bonds. The Hall–Kier alpha value is -1.34. The number of nitrogens with one attached hydrogen (secondary N) is 3. The molecule has 1 heterocycles. The quantitative estimate of drug-likeness (QED) is 0.532. The molecule has 0 aromatic carbocycles. The minimum atomic E-state index is -0.108. The molecule has 7 nitrogen and oxygen atoms in total. The second-order valence-corrected chi connectivity index (χ2v) is 8.29. The van der Waals surface area contributed by atoms with Crippen LogP contribution in [-0.4, -0.2) is 68.3 Å². The molecular formula is C20H38N4O3. The first kappa shape index (κ1) is 22.0. The molecular weight excluding hydrogens is 344 g/mol. The van der Waals surface area contributed by atoms with E-state index in [1.54, 1.807) is 0 Å². The van der Waals surface area contributed by atoms with Gasteiger partial charge in [0.2, 0.25) is 5.91 Å². The van der Waals surface area contributed by atoms with Crippen LogP contribution in [0.25, 0.3) is 0 Å². The molecule has 0 bridgehead atoms. The van der Waals surface area contributed by atoms with E-state index >= 15 is 0 Å². The summed E-state index contributed by atoms with van der Waals surface area (Å²) in [5.41, 5.74) is 0. The first-order valence-electron chi connectivity index (χ1n) is 10.7. The highest BCUT2D eigenvalue weighted by atomic mass is 16.5. The van der Waals surface area contributed by atoms with Crippen LogP contribution < -0.4 is 16.0 Å². The first-order valence-corrected chi connectivity index (χ1v) is 10.7. The van der Waals surface area contributed by atoms with Gasteiger partial charge in [0.1, 0.15) is 0 Å². The Kier molecular flexibility index (Phi) is 9.91. The predicted octanol–water partition coefficient (Wildman–Crippen LogP) is 1.87. The Morgan fingerprint density at radius 1 is 1.15 bits per heavy atom. The largest absolute Gasteiger partial charge is 0.374 e. The van der Waals surface area contributed by atoms with Crippen LogP contribution >= 0.6 is 0 Å². The van der Waals surface area contributed by atoms with Crippen LogP contribution in [0.2, 0.25) is 0 Å². The van der Waals surface area contributed by atoms with Crippen LogP contribution in [0.3, 0.4) is 0 Å². The molecule has 2 fully saturated rings. The van der Waals surface area contributed by atoms with Gasteiger partial charge in [-0.15, -0.1) is 0 Å². The van der Waals surface area contributed by atoms with Crippen LogP contribution in [0.15, 0.2) is 0 Å². The minimum Gasteiger partial charge on any atom is -0.374 e. The van der Waals surface area contributed by atoms with Crippen molar-refractivity contribution in [2.75, 3.05) is 39.3 Å². The van der Waals surface area contributed by atoms with Gasteiger partial charge in [-0.2, -0.15) is 0 Å². The zero-order chi connectivity index (χ0) is 19.5. The zero-order valence-electron chi connectivity index (χ0n) is 17.1. The summed E-state index contributed by atoms with van der Waals surface area (Å²) in [7, 11) is 0. The highest BCUT2D eigenvalue weighted by Gasteiger charge is 2.21. The fourth-order valence-corrected chi connectivity index (χ4v) is 3.84. The topological polar surface area (TPSA) is 82.7 Å². The van der Waals surface area contributed by atoms with Crippen molar-refractivity contribution in [2.45, 2.75) is 70.9 Å². The van der Waals surface area contributed by atoms with Gasteiger partial charge in [0.15, 0.2) is 0 Å². The molecule has 0 aromatic rings. The van der Waals surface area contributed by atoms with Crippen molar-refractivity contribution >= 4 is 11.9 Å². The Labute approximate surface area is 164 Å². The number of carbonyl (C=O) groups excluding carboxylic acids is 2. The van der Waals surface area contributed by atoms with Gasteiger partial charge in [0, 0.05) is 45.2 Å². The van der Waals surface area contributed by atoms with Crippen molar-refractivity contribution < 1.29 is 14.3 Å². The van der Waals surface area contributed by atoms with Gasteiger partial charge in [-0.3, -0.25) is 9.69 Å². The van der Waals surface area contributed by atoms with E-state index in [0.29, 0.717) is 37.9 Å². The number of rotatable bonds is 9.